The first kappa shape index (κ1) is 16.5. The minimum Gasteiger partial charge on any atom is -0.393 e. The van der Waals surface area contributed by atoms with E-state index in [9.17, 15) is 9.90 Å². The number of aromatic nitrogens is 2. The summed E-state index contributed by atoms with van der Waals surface area (Å²) in [6.45, 7) is 1.34. The van der Waals surface area contributed by atoms with Crippen molar-refractivity contribution in [1.29, 1.82) is 0 Å². The van der Waals surface area contributed by atoms with Crippen LogP contribution in [0.25, 0.3) is 0 Å². The molecule has 1 aliphatic rings. The highest BCUT2D eigenvalue weighted by Gasteiger charge is 2.20. The van der Waals surface area contributed by atoms with Crippen LogP contribution in [0, 0.1) is 0 Å². The number of aliphatic hydroxyl groups excluding tert-OH is 1. The molecule has 0 atom stereocenters. The van der Waals surface area contributed by atoms with E-state index >= 15 is 0 Å². The fourth-order valence-electron chi connectivity index (χ4n) is 2.46. The molecule has 6 nitrogen and oxygen atoms in total. The molecule has 1 aromatic rings. The monoisotopic (exact) mass is 358 g/mol. The summed E-state index contributed by atoms with van der Waals surface area (Å²) in [6.07, 6.45) is 4.97. The Balaban J connectivity index is 2.04. The lowest BCUT2D eigenvalue weighted by molar-refractivity contribution is 0.126. The van der Waals surface area contributed by atoms with Crippen molar-refractivity contribution in [3.8, 4) is 0 Å². The van der Waals surface area contributed by atoms with Crippen molar-refractivity contribution in [2.75, 3.05) is 26.0 Å². The molecule has 21 heavy (non-hydrogen) atoms. The second-order valence-corrected chi connectivity index (χ2v) is 6.65. The fraction of sp³-hybridized carbons (Fsp3) is 0.714. The fourth-order valence-corrected chi connectivity index (χ4v) is 2.88. The maximum absolute atomic E-state index is 12.3. The largest absolute Gasteiger partial charge is 0.393 e. The SMILES string of the molecule is CN(C)CCn1ncc(NC2CCC(O)CC2)c(Br)c1=O. The van der Waals surface area contributed by atoms with Crippen LogP contribution >= 0.6 is 15.9 Å². The van der Waals surface area contributed by atoms with E-state index in [0.29, 0.717) is 17.1 Å². The number of halogens is 1. The molecular formula is C14H23BrN4O2. The molecule has 0 radical (unpaired) electrons. The highest BCUT2D eigenvalue weighted by atomic mass is 79.9. The Kier molecular flexibility index (Phi) is 5.78. The minimum absolute atomic E-state index is 0.113. The van der Waals surface area contributed by atoms with Gasteiger partial charge in [-0.1, -0.05) is 0 Å². The molecule has 0 bridgehead atoms. The van der Waals surface area contributed by atoms with Gasteiger partial charge in [-0.2, -0.15) is 5.10 Å². The molecule has 0 amide bonds. The predicted molar refractivity (Wildman–Crippen MR) is 86.6 cm³/mol. The van der Waals surface area contributed by atoms with E-state index in [4.69, 9.17) is 0 Å². The van der Waals surface area contributed by atoms with E-state index in [1.54, 1.807) is 6.20 Å². The van der Waals surface area contributed by atoms with Crippen molar-refractivity contribution in [2.45, 2.75) is 44.4 Å². The van der Waals surface area contributed by atoms with Crippen LogP contribution in [-0.4, -0.2) is 52.6 Å². The summed E-state index contributed by atoms with van der Waals surface area (Å²) in [5.41, 5.74) is 0.625. The standard InChI is InChI=1S/C14H23BrN4O2/c1-18(2)7-8-19-14(21)13(15)12(9-16-19)17-10-3-5-11(20)6-4-10/h9-11,17,20H,3-8H2,1-2H3. The van der Waals surface area contributed by atoms with Gasteiger partial charge in [0.05, 0.1) is 24.5 Å². The van der Waals surface area contributed by atoms with Crippen molar-refractivity contribution < 1.29 is 5.11 Å². The average Bonchev–Trinajstić information content (AvgIpc) is 2.45. The summed E-state index contributed by atoms with van der Waals surface area (Å²) < 4.78 is 2.00. The molecule has 1 aliphatic carbocycles. The lowest BCUT2D eigenvalue weighted by Crippen LogP contribution is -2.32. The van der Waals surface area contributed by atoms with Gasteiger partial charge in [-0.05, 0) is 55.7 Å². The third kappa shape index (κ3) is 4.52. The maximum atomic E-state index is 12.3. The van der Waals surface area contributed by atoms with Gasteiger partial charge in [0.15, 0.2) is 0 Å². The van der Waals surface area contributed by atoms with Gasteiger partial charge in [0, 0.05) is 12.6 Å². The summed E-state index contributed by atoms with van der Waals surface area (Å²) in [6, 6.07) is 0.295. The summed E-state index contributed by atoms with van der Waals surface area (Å²) in [4.78, 5) is 14.3. The van der Waals surface area contributed by atoms with Gasteiger partial charge in [-0.15, -0.1) is 0 Å². The Morgan fingerprint density at radius 3 is 2.71 bits per heavy atom. The van der Waals surface area contributed by atoms with Gasteiger partial charge < -0.3 is 15.3 Å². The third-order valence-electron chi connectivity index (χ3n) is 3.80. The van der Waals surface area contributed by atoms with Crippen molar-refractivity contribution in [3.05, 3.63) is 21.0 Å². The lowest BCUT2D eigenvalue weighted by atomic mass is 9.93. The molecule has 0 saturated heterocycles. The Labute approximate surface area is 133 Å². The van der Waals surface area contributed by atoms with Gasteiger partial charge in [0.25, 0.3) is 5.56 Å². The highest BCUT2D eigenvalue weighted by molar-refractivity contribution is 9.10. The molecule has 1 fully saturated rings. The zero-order chi connectivity index (χ0) is 15.4. The molecule has 1 saturated carbocycles. The number of anilines is 1. The molecule has 7 heteroatoms. The average molecular weight is 359 g/mol. The lowest BCUT2D eigenvalue weighted by Gasteiger charge is -2.27. The Bertz CT molecular complexity index is 524. The first-order chi connectivity index (χ1) is 9.97. The predicted octanol–water partition coefficient (Wildman–Crippen LogP) is 1.28. The number of rotatable bonds is 5. The van der Waals surface area contributed by atoms with E-state index < -0.39 is 0 Å². The quantitative estimate of drug-likeness (QED) is 0.829. The first-order valence-corrected chi connectivity index (χ1v) is 8.11. The first-order valence-electron chi connectivity index (χ1n) is 7.32. The van der Waals surface area contributed by atoms with E-state index in [1.807, 2.05) is 19.0 Å². The second-order valence-electron chi connectivity index (χ2n) is 5.85. The highest BCUT2D eigenvalue weighted by Crippen LogP contribution is 2.24. The van der Waals surface area contributed by atoms with Gasteiger partial charge in [-0.25, -0.2) is 4.68 Å². The number of hydrogen-bond donors (Lipinski definition) is 2. The van der Waals surface area contributed by atoms with E-state index in [0.717, 1.165) is 37.9 Å². The van der Waals surface area contributed by atoms with Crippen LogP contribution in [0.5, 0.6) is 0 Å². The summed E-state index contributed by atoms with van der Waals surface area (Å²) in [7, 11) is 3.93. The Morgan fingerprint density at radius 2 is 2.10 bits per heavy atom. The van der Waals surface area contributed by atoms with E-state index in [-0.39, 0.29) is 11.7 Å². The van der Waals surface area contributed by atoms with Crippen LogP contribution in [0.3, 0.4) is 0 Å². The molecule has 1 heterocycles. The Morgan fingerprint density at radius 1 is 1.43 bits per heavy atom. The third-order valence-corrected chi connectivity index (χ3v) is 4.57. The molecule has 0 spiro atoms. The van der Waals surface area contributed by atoms with Crippen molar-refractivity contribution in [1.82, 2.24) is 14.7 Å². The topological polar surface area (TPSA) is 70.4 Å². The molecule has 0 unspecified atom stereocenters. The number of likely N-dealkylation sites (N-methyl/N-ethyl adjacent to an activating group) is 1. The smallest absolute Gasteiger partial charge is 0.283 e. The van der Waals surface area contributed by atoms with Gasteiger partial charge >= 0.3 is 0 Å². The minimum atomic E-state index is -0.177. The maximum Gasteiger partial charge on any atom is 0.283 e. The van der Waals surface area contributed by atoms with Crippen LogP contribution < -0.4 is 10.9 Å². The van der Waals surface area contributed by atoms with Crippen molar-refractivity contribution >= 4 is 21.6 Å². The van der Waals surface area contributed by atoms with Gasteiger partial charge in [0.1, 0.15) is 4.47 Å². The van der Waals surface area contributed by atoms with Crippen LogP contribution in [-0.2, 0) is 6.54 Å². The van der Waals surface area contributed by atoms with Gasteiger partial charge in [-0.3, -0.25) is 4.79 Å². The number of nitrogens with zero attached hydrogens (tertiary/aromatic N) is 3. The molecule has 0 aliphatic heterocycles. The van der Waals surface area contributed by atoms with Crippen LogP contribution in [0.1, 0.15) is 25.7 Å². The van der Waals surface area contributed by atoms with Crippen molar-refractivity contribution in [3.63, 3.8) is 0 Å². The zero-order valence-corrected chi connectivity index (χ0v) is 14.1. The molecular weight excluding hydrogens is 336 g/mol. The summed E-state index contributed by atoms with van der Waals surface area (Å²) in [5, 5.41) is 17.1. The zero-order valence-electron chi connectivity index (χ0n) is 12.5. The number of hydrogen-bond acceptors (Lipinski definition) is 5. The van der Waals surface area contributed by atoms with E-state index in [2.05, 4.69) is 26.3 Å². The van der Waals surface area contributed by atoms with Gasteiger partial charge in [0.2, 0.25) is 0 Å². The van der Waals surface area contributed by atoms with Crippen LogP contribution in [0.4, 0.5) is 5.69 Å². The summed E-state index contributed by atoms with van der Waals surface area (Å²) >= 11 is 3.38. The number of aliphatic hydroxyl groups is 1. The molecule has 2 N–H and O–H groups in total. The van der Waals surface area contributed by atoms with Crippen LogP contribution in [0.2, 0.25) is 0 Å². The number of nitrogens with one attached hydrogen (secondary N) is 1. The molecule has 118 valence electrons. The van der Waals surface area contributed by atoms with E-state index in [1.165, 1.54) is 4.68 Å². The summed E-state index contributed by atoms with van der Waals surface area (Å²) in [5.74, 6) is 0. The Hall–Kier alpha value is -0.920. The molecule has 2 rings (SSSR count). The van der Waals surface area contributed by atoms with Crippen molar-refractivity contribution in [2.24, 2.45) is 0 Å². The molecule has 1 aromatic heterocycles. The molecule has 0 aromatic carbocycles. The van der Waals surface area contributed by atoms with Crippen LogP contribution in [0.15, 0.2) is 15.5 Å². The second kappa shape index (κ2) is 7.38. The normalized spacial score (nSPS) is 22.5.